The summed E-state index contributed by atoms with van der Waals surface area (Å²) in [5.41, 5.74) is 12.0. The summed E-state index contributed by atoms with van der Waals surface area (Å²) in [4.78, 5) is 4.60. The number of nitrogens with zero attached hydrogens (tertiary/aromatic N) is 2. The maximum absolute atomic E-state index is 6.72. The first-order valence-corrected chi connectivity index (χ1v) is 23.5. The molecule has 0 bridgehead atoms. The van der Waals surface area contributed by atoms with Crippen LogP contribution in [-0.4, -0.2) is 0 Å². The minimum Gasteiger partial charge on any atom is -0.457 e. The molecule has 11 aromatic carbocycles. The van der Waals surface area contributed by atoms with Crippen molar-refractivity contribution in [2.24, 2.45) is 0 Å². The zero-order valence-electron chi connectivity index (χ0n) is 38.5. The molecule has 13 aromatic rings. The van der Waals surface area contributed by atoms with E-state index in [2.05, 4.69) is 169 Å². The number of rotatable bonds is 10. The Hall–Kier alpha value is -9.26. The fourth-order valence-corrected chi connectivity index (χ4v) is 9.84. The third kappa shape index (κ3) is 7.39. The molecule has 0 saturated heterocycles. The highest BCUT2D eigenvalue weighted by atomic mass is 16.5. The second-order valence-electron chi connectivity index (χ2n) is 17.9. The molecule has 6 nitrogen and oxygen atoms in total. The van der Waals surface area contributed by atoms with Crippen molar-refractivity contribution >= 4 is 99.5 Å². The van der Waals surface area contributed by atoms with Gasteiger partial charge in [0.05, 0.1) is 0 Å². The molecular weight excluding hydrogens is 861 g/mol. The Labute approximate surface area is 404 Å². The van der Waals surface area contributed by atoms with Gasteiger partial charge in [-0.3, -0.25) is 0 Å². The number of hydrogen-bond donors (Lipinski definition) is 0. The molecular formula is C64H44N2O4. The zero-order chi connectivity index (χ0) is 46.7. The summed E-state index contributed by atoms with van der Waals surface area (Å²) in [5, 5.41) is 8.56. The Morgan fingerprint density at radius 2 is 0.629 bits per heavy atom. The van der Waals surface area contributed by atoms with E-state index in [4.69, 9.17) is 18.3 Å². The van der Waals surface area contributed by atoms with Crippen LogP contribution < -0.4 is 19.3 Å². The number of benzene rings is 11. The summed E-state index contributed by atoms with van der Waals surface area (Å²) in [7, 11) is 0. The van der Waals surface area contributed by atoms with E-state index in [-0.39, 0.29) is 0 Å². The van der Waals surface area contributed by atoms with Gasteiger partial charge in [-0.15, -0.1) is 0 Å². The number of ether oxygens (including phenoxy) is 2. The van der Waals surface area contributed by atoms with E-state index in [1.165, 1.54) is 11.1 Å². The lowest BCUT2D eigenvalue weighted by Gasteiger charge is -2.27. The number of hydrogen-bond acceptors (Lipinski definition) is 6. The lowest BCUT2D eigenvalue weighted by molar-refractivity contribution is 0.482. The van der Waals surface area contributed by atoms with E-state index in [0.29, 0.717) is 0 Å². The molecule has 0 N–H and O–H groups in total. The minimum atomic E-state index is 0.780. The number of para-hydroxylation sites is 4. The molecule has 0 radical (unpaired) electrons. The summed E-state index contributed by atoms with van der Waals surface area (Å²) in [6.07, 6.45) is 0. The highest BCUT2D eigenvalue weighted by molar-refractivity contribution is 6.18. The maximum atomic E-state index is 6.72. The van der Waals surface area contributed by atoms with Crippen LogP contribution in [0, 0.1) is 13.8 Å². The Balaban J connectivity index is 0.849. The van der Waals surface area contributed by atoms with Gasteiger partial charge in [-0.05, 0) is 192 Å². The molecule has 0 aliphatic carbocycles. The van der Waals surface area contributed by atoms with Gasteiger partial charge in [0.15, 0.2) is 0 Å². The van der Waals surface area contributed by atoms with E-state index in [0.717, 1.165) is 123 Å². The van der Waals surface area contributed by atoms with Crippen LogP contribution in [0.25, 0.3) is 65.4 Å². The average molecular weight is 905 g/mol. The predicted octanol–water partition coefficient (Wildman–Crippen LogP) is 18.9. The van der Waals surface area contributed by atoms with Crippen LogP contribution in [0.4, 0.5) is 34.1 Å². The fourth-order valence-electron chi connectivity index (χ4n) is 9.84. The van der Waals surface area contributed by atoms with Crippen LogP contribution in [-0.2, 0) is 0 Å². The van der Waals surface area contributed by atoms with Crippen molar-refractivity contribution in [2.75, 3.05) is 9.80 Å². The lowest BCUT2D eigenvalue weighted by Crippen LogP contribution is -2.11. The molecule has 0 atom stereocenters. The van der Waals surface area contributed by atoms with Crippen LogP contribution in [0.15, 0.2) is 239 Å². The van der Waals surface area contributed by atoms with Gasteiger partial charge in [0, 0.05) is 55.7 Å². The topological polar surface area (TPSA) is 51.2 Å². The Morgan fingerprint density at radius 1 is 0.286 bits per heavy atom. The van der Waals surface area contributed by atoms with E-state index in [9.17, 15) is 0 Å². The molecule has 334 valence electrons. The van der Waals surface area contributed by atoms with E-state index in [1.54, 1.807) is 0 Å². The largest absolute Gasteiger partial charge is 0.457 e. The summed E-state index contributed by atoms with van der Waals surface area (Å²) in [5.74, 6) is 3.17. The molecule has 2 aromatic heterocycles. The monoisotopic (exact) mass is 904 g/mol. The highest BCUT2D eigenvalue weighted by Crippen LogP contribution is 2.44. The van der Waals surface area contributed by atoms with Crippen LogP contribution in [0.5, 0.6) is 23.0 Å². The van der Waals surface area contributed by atoms with Gasteiger partial charge in [-0.1, -0.05) is 84.9 Å². The number of fused-ring (bicyclic) bond motifs is 8. The van der Waals surface area contributed by atoms with E-state index >= 15 is 0 Å². The normalized spacial score (nSPS) is 11.6. The minimum absolute atomic E-state index is 0.780. The zero-order valence-corrected chi connectivity index (χ0v) is 38.5. The van der Waals surface area contributed by atoms with Gasteiger partial charge in [0.2, 0.25) is 0 Å². The fraction of sp³-hybridized carbons (Fsp3) is 0.0312. The molecule has 0 unspecified atom stereocenters. The predicted molar refractivity (Wildman–Crippen MR) is 288 cm³/mol. The van der Waals surface area contributed by atoms with Gasteiger partial charge in [0.1, 0.15) is 45.3 Å². The third-order valence-corrected chi connectivity index (χ3v) is 13.3. The van der Waals surface area contributed by atoms with Gasteiger partial charge in [-0.25, -0.2) is 0 Å². The number of aryl methyl sites for hydroxylation is 2. The van der Waals surface area contributed by atoms with E-state index in [1.807, 2.05) is 84.9 Å². The molecule has 0 fully saturated rings. The quantitative estimate of drug-likeness (QED) is 0.136. The first-order valence-electron chi connectivity index (χ1n) is 23.5. The molecule has 6 heteroatoms. The third-order valence-electron chi connectivity index (χ3n) is 13.3. The SMILES string of the molecule is Cc1ccccc1N(c1ccc(Oc2ccccc2)cc1)c1ccc2cc3c(cc2c1)oc1cc2c(cc13)oc1cc3cc(N(c4ccc(Oc5ccccc5)cc4)c4ccccc4C)ccc3cc12. The van der Waals surface area contributed by atoms with Crippen molar-refractivity contribution in [3.05, 3.63) is 242 Å². The molecule has 0 spiro atoms. The molecule has 0 aliphatic heterocycles. The van der Waals surface area contributed by atoms with Gasteiger partial charge in [0.25, 0.3) is 0 Å². The summed E-state index contributed by atoms with van der Waals surface area (Å²) in [6, 6.07) is 79.6. The Bertz CT molecular complexity index is 3820. The second kappa shape index (κ2) is 16.8. The van der Waals surface area contributed by atoms with Gasteiger partial charge in [-0.2, -0.15) is 0 Å². The molecule has 0 aliphatic rings. The first kappa shape index (κ1) is 41.0. The van der Waals surface area contributed by atoms with Crippen LogP contribution in [0.2, 0.25) is 0 Å². The van der Waals surface area contributed by atoms with Crippen molar-refractivity contribution < 1.29 is 18.3 Å². The molecule has 2 heterocycles. The first-order chi connectivity index (χ1) is 34.5. The van der Waals surface area contributed by atoms with E-state index < -0.39 is 0 Å². The second-order valence-corrected chi connectivity index (χ2v) is 17.9. The van der Waals surface area contributed by atoms with Crippen molar-refractivity contribution in [1.29, 1.82) is 0 Å². The van der Waals surface area contributed by atoms with Gasteiger partial charge < -0.3 is 28.1 Å². The highest BCUT2D eigenvalue weighted by Gasteiger charge is 2.20. The summed E-state index contributed by atoms with van der Waals surface area (Å²) >= 11 is 0. The van der Waals surface area contributed by atoms with Crippen LogP contribution >= 0.6 is 0 Å². The molecule has 13 rings (SSSR count). The molecule has 0 amide bonds. The van der Waals surface area contributed by atoms with Gasteiger partial charge >= 0.3 is 0 Å². The lowest BCUT2D eigenvalue weighted by atomic mass is 10.0. The Morgan fingerprint density at radius 3 is 1.04 bits per heavy atom. The molecule has 0 saturated carbocycles. The van der Waals surface area contributed by atoms with Crippen molar-refractivity contribution in [1.82, 2.24) is 0 Å². The van der Waals surface area contributed by atoms with Crippen molar-refractivity contribution in [3.63, 3.8) is 0 Å². The summed E-state index contributed by atoms with van der Waals surface area (Å²) < 4.78 is 25.7. The number of furan rings is 2. The van der Waals surface area contributed by atoms with Crippen LogP contribution in [0.1, 0.15) is 11.1 Å². The van der Waals surface area contributed by atoms with Crippen molar-refractivity contribution in [3.8, 4) is 23.0 Å². The maximum Gasteiger partial charge on any atom is 0.136 e. The standard InChI is InChI=1S/C64H44N2O4/c1-41-13-9-11-19-59(41)65(47-25-29-53(30-26-47)67-51-15-5-3-6-16-51)49-23-21-43-35-55-57-39-64-58(40-63(57)69-61(55)37-45(43)33-49)56-36-44-22-24-50(34-46(44)38-62(56)70-64)66(60-20-12-10-14-42(60)2)48-27-31-54(32-28-48)68-52-17-7-4-8-18-52/h3-40H,1-2H3. The summed E-state index contributed by atoms with van der Waals surface area (Å²) in [6.45, 7) is 4.30. The smallest absolute Gasteiger partial charge is 0.136 e. The van der Waals surface area contributed by atoms with Crippen molar-refractivity contribution in [2.45, 2.75) is 13.8 Å². The molecule has 70 heavy (non-hydrogen) atoms. The Kier molecular flexibility index (Phi) is 9.84. The average Bonchev–Trinajstić information content (AvgIpc) is 3.92. The van der Waals surface area contributed by atoms with Crippen LogP contribution in [0.3, 0.4) is 0 Å². The number of anilines is 6.